The van der Waals surface area contributed by atoms with Gasteiger partial charge >= 0.3 is 5.69 Å². The number of amides is 1. The summed E-state index contributed by atoms with van der Waals surface area (Å²) in [5.74, 6) is 0.790. The Hall–Kier alpha value is -3.79. The summed E-state index contributed by atoms with van der Waals surface area (Å²) in [5.41, 5.74) is 9.78. The minimum absolute atomic E-state index is 0.0113. The van der Waals surface area contributed by atoms with Crippen molar-refractivity contribution in [2.75, 3.05) is 25.1 Å². The predicted octanol–water partition coefficient (Wildman–Crippen LogP) is 3.56. The molecule has 1 aliphatic heterocycles. The van der Waals surface area contributed by atoms with Crippen molar-refractivity contribution in [3.8, 4) is 11.1 Å². The highest BCUT2D eigenvalue weighted by Crippen LogP contribution is 2.33. The quantitative estimate of drug-likeness (QED) is 0.405. The number of fused-ring (bicyclic) bond motifs is 2. The van der Waals surface area contributed by atoms with Crippen LogP contribution >= 0.6 is 0 Å². The van der Waals surface area contributed by atoms with Crippen LogP contribution in [0, 0.1) is 0 Å². The summed E-state index contributed by atoms with van der Waals surface area (Å²) in [5, 5.41) is 0.440. The highest BCUT2D eigenvalue weighted by Gasteiger charge is 2.21. The van der Waals surface area contributed by atoms with Crippen LogP contribution < -0.4 is 17.0 Å². The number of aliphatic imine (C=N–C) groups is 1. The lowest BCUT2D eigenvalue weighted by Crippen LogP contribution is -2.39. The Bertz CT molecular complexity index is 1640. The number of rotatable bonds is 10. The van der Waals surface area contributed by atoms with E-state index in [1.54, 1.807) is 19.4 Å². The van der Waals surface area contributed by atoms with E-state index in [0.29, 0.717) is 53.3 Å². The standard InChI is InChI=1S/C30H37N5O4S/c1-5-12-34(13-6-2)28(36)23-16-22-9-8-20(17-25(22)32-27(31)19-23)21-10-11-24-26(18-21)33(3)30(38)35(29(24)37)14-7-15-40(4)39/h8-11,16-18H,5-7,12-15,19H2,1-4H3,(H2,31,32). The molecule has 1 aromatic heterocycles. The fourth-order valence-electron chi connectivity index (χ4n) is 5.07. The SMILES string of the molecule is CCCN(CCC)C(=O)C1=Cc2ccc(-c3ccc4c(=O)n(CCCS(C)=O)c(=O)n(C)c4c3)cc2N=C(N)C1. The van der Waals surface area contributed by atoms with Gasteiger partial charge in [-0.15, -0.1) is 0 Å². The van der Waals surface area contributed by atoms with E-state index in [4.69, 9.17) is 5.73 Å². The molecule has 1 amide bonds. The Labute approximate surface area is 236 Å². The van der Waals surface area contributed by atoms with Gasteiger partial charge in [-0.25, -0.2) is 9.79 Å². The van der Waals surface area contributed by atoms with E-state index in [-0.39, 0.29) is 24.4 Å². The number of hydrogen-bond acceptors (Lipinski definition) is 6. The molecule has 0 fully saturated rings. The maximum atomic E-state index is 13.3. The summed E-state index contributed by atoms with van der Waals surface area (Å²) in [4.78, 5) is 45.9. The molecule has 3 aromatic rings. The van der Waals surface area contributed by atoms with Crippen molar-refractivity contribution >= 4 is 45.2 Å². The summed E-state index contributed by atoms with van der Waals surface area (Å²) in [6.07, 6.45) is 6.02. The molecular formula is C30H37N5O4S. The van der Waals surface area contributed by atoms with Gasteiger partial charge in [0.05, 0.1) is 16.6 Å². The van der Waals surface area contributed by atoms with Crippen molar-refractivity contribution < 1.29 is 9.00 Å². The van der Waals surface area contributed by atoms with E-state index in [2.05, 4.69) is 18.8 Å². The van der Waals surface area contributed by atoms with Crippen LogP contribution in [0.3, 0.4) is 0 Å². The fourth-order valence-corrected chi connectivity index (χ4v) is 5.61. The summed E-state index contributed by atoms with van der Waals surface area (Å²) < 4.78 is 14.1. The molecule has 0 aliphatic carbocycles. The minimum Gasteiger partial charge on any atom is -0.387 e. The topological polar surface area (TPSA) is 120 Å². The molecule has 0 bridgehead atoms. The van der Waals surface area contributed by atoms with Gasteiger partial charge in [-0.05, 0) is 54.7 Å². The summed E-state index contributed by atoms with van der Waals surface area (Å²) in [6.45, 7) is 5.73. The number of benzene rings is 2. The van der Waals surface area contributed by atoms with Gasteiger partial charge in [-0.3, -0.25) is 22.9 Å². The Balaban J connectivity index is 1.71. The summed E-state index contributed by atoms with van der Waals surface area (Å²) >= 11 is 0. The van der Waals surface area contributed by atoms with Gasteiger partial charge in [-0.2, -0.15) is 0 Å². The molecule has 212 valence electrons. The second kappa shape index (κ2) is 12.6. The van der Waals surface area contributed by atoms with Gasteiger partial charge in [0.2, 0.25) is 5.91 Å². The van der Waals surface area contributed by atoms with E-state index >= 15 is 0 Å². The number of amidine groups is 1. The fraction of sp³-hybridized carbons (Fsp3) is 0.400. The van der Waals surface area contributed by atoms with E-state index < -0.39 is 16.5 Å². The molecule has 0 spiro atoms. The second-order valence-corrected chi connectivity index (χ2v) is 11.7. The zero-order chi connectivity index (χ0) is 29.0. The minimum atomic E-state index is -0.986. The van der Waals surface area contributed by atoms with Crippen molar-refractivity contribution in [1.82, 2.24) is 14.0 Å². The van der Waals surface area contributed by atoms with Gasteiger partial charge in [-0.1, -0.05) is 32.0 Å². The van der Waals surface area contributed by atoms with Crippen LogP contribution in [0.5, 0.6) is 0 Å². The van der Waals surface area contributed by atoms with E-state index in [1.165, 1.54) is 9.13 Å². The van der Waals surface area contributed by atoms with Gasteiger partial charge < -0.3 is 10.6 Å². The zero-order valence-electron chi connectivity index (χ0n) is 23.6. The van der Waals surface area contributed by atoms with Crippen LogP contribution in [-0.2, 0) is 29.2 Å². The first kappa shape index (κ1) is 29.2. The number of carbonyl (C=O) groups excluding carboxylic acids is 1. The first-order chi connectivity index (χ1) is 19.1. The lowest BCUT2D eigenvalue weighted by molar-refractivity contribution is -0.127. The molecular weight excluding hydrogens is 526 g/mol. The Morgan fingerprint density at radius 2 is 1.75 bits per heavy atom. The number of hydrogen-bond donors (Lipinski definition) is 1. The van der Waals surface area contributed by atoms with Crippen molar-refractivity contribution in [2.45, 2.75) is 46.1 Å². The normalized spacial score (nSPS) is 13.8. The van der Waals surface area contributed by atoms with Crippen LogP contribution in [-0.4, -0.2) is 55.1 Å². The number of nitrogens with two attached hydrogens (primary N) is 1. The number of carbonyl (C=O) groups is 1. The maximum absolute atomic E-state index is 13.3. The van der Waals surface area contributed by atoms with Crippen LogP contribution in [0.2, 0.25) is 0 Å². The molecule has 10 heteroatoms. The molecule has 0 saturated heterocycles. The molecule has 1 atom stereocenters. The van der Waals surface area contributed by atoms with Gasteiger partial charge in [0.25, 0.3) is 5.56 Å². The third kappa shape index (κ3) is 6.17. The third-order valence-corrected chi connectivity index (χ3v) is 7.91. The molecule has 1 aliphatic rings. The molecule has 0 saturated carbocycles. The Morgan fingerprint density at radius 1 is 1.07 bits per heavy atom. The molecule has 2 aromatic carbocycles. The van der Waals surface area contributed by atoms with Crippen molar-refractivity contribution in [1.29, 1.82) is 0 Å². The zero-order valence-corrected chi connectivity index (χ0v) is 24.4. The monoisotopic (exact) mass is 563 g/mol. The number of aromatic nitrogens is 2. The van der Waals surface area contributed by atoms with Gasteiger partial charge in [0.15, 0.2) is 0 Å². The van der Waals surface area contributed by atoms with E-state index in [9.17, 15) is 18.6 Å². The molecule has 40 heavy (non-hydrogen) atoms. The van der Waals surface area contributed by atoms with Crippen molar-refractivity contribution in [3.05, 3.63) is 68.4 Å². The maximum Gasteiger partial charge on any atom is 0.331 e. The van der Waals surface area contributed by atoms with Crippen LogP contribution in [0.25, 0.3) is 28.1 Å². The molecule has 2 N–H and O–H groups in total. The summed E-state index contributed by atoms with van der Waals surface area (Å²) in [6, 6.07) is 11.2. The van der Waals surface area contributed by atoms with Crippen LogP contribution in [0.1, 0.15) is 45.1 Å². The first-order valence-electron chi connectivity index (χ1n) is 13.7. The number of aryl methyl sites for hydroxylation is 1. The second-order valence-electron chi connectivity index (χ2n) is 10.2. The highest BCUT2D eigenvalue weighted by molar-refractivity contribution is 7.84. The molecule has 0 radical (unpaired) electrons. The average molecular weight is 564 g/mol. The van der Waals surface area contributed by atoms with Crippen molar-refractivity contribution in [2.24, 2.45) is 17.8 Å². The summed E-state index contributed by atoms with van der Waals surface area (Å²) in [7, 11) is 0.661. The predicted molar refractivity (Wildman–Crippen MR) is 163 cm³/mol. The average Bonchev–Trinajstić information content (AvgIpc) is 3.10. The van der Waals surface area contributed by atoms with Crippen LogP contribution in [0.15, 0.2) is 56.6 Å². The van der Waals surface area contributed by atoms with Gasteiger partial charge in [0, 0.05) is 67.0 Å². The van der Waals surface area contributed by atoms with Crippen molar-refractivity contribution in [3.63, 3.8) is 0 Å². The Morgan fingerprint density at radius 3 is 2.42 bits per heavy atom. The highest BCUT2D eigenvalue weighted by atomic mass is 32.2. The lowest BCUT2D eigenvalue weighted by Gasteiger charge is -2.22. The molecule has 9 nitrogen and oxygen atoms in total. The molecule has 4 rings (SSSR count). The smallest absolute Gasteiger partial charge is 0.331 e. The Kier molecular flexibility index (Phi) is 9.19. The number of nitrogens with zero attached hydrogens (tertiary/aromatic N) is 4. The van der Waals surface area contributed by atoms with Gasteiger partial charge in [0.1, 0.15) is 5.84 Å². The van der Waals surface area contributed by atoms with Crippen LogP contribution in [0.4, 0.5) is 5.69 Å². The van der Waals surface area contributed by atoms with E-state index in [0.717, 1.165) is 29.5 Å². The first-order valence-corrected chi connectivity index (χ1v) is 15.4. The third-order valence-electron chi connectivity index (χ3n) is 7.04. The van der Waals surface area contributed by atoms with E-state index in [1.807, 2.05) is 41.3 Å². The lowest BCUT2D eigenvalue weighted by atomic mass is 10.00. The molecule has 1 unspecified atom stereocenters. The largest absolute Gasteiger partial charge is 0.387 e. The molecule has 2 heterocycles.